The van der Waals surface area contributed by atoms with E-state index in [-0.39, 0.29) is 30.7 Å². The molecule has 2 N–H and O–H groups in total. The van der Waals surface area contributed by atoms with Crippen LogP contribution in [0.25, 0.3) is 0 Å². The molecular formula is C16H22N4O3. The SMILES string of the molecule is Cc1cc(N2NC(=O)CC3(CCCCCC3)C2=O)nc(CO)n1. The van der Waals surface area contributed by atoms with E-state index < -0.39 is 5.41 Å². The highest BCUT2D eigenvalue weighted by Crippen LogP contribution is 2.42. The van der Waals surface area contributed by atoms with Gasteiger partial charge in [-0.25, -0.2) is 15.0 Å². The fraction of sp³-hybridized carbons (Fsp3) is 0.625. The van der Waals surface area contributed by atoms with Crippen LogP contribution in [0.15, 0.2) is 6.07 Å². The number of aryl methyl sites for hydroxylation is 1. The van der Waals surface area contributed by atoms with Crippen LogP contribution < -0.4 is 10.4 Å². The van der Waals surface area contributed by atoms with Crippen LogP contribution in [-0.2, 0) is 16.2 Å². The molecule has 0 unspecified atom stereocenters. The fourth-order valence-electron chi connectivity index (χ4n) is 3.59. The first kappa shape index (κ1) is 15.9. The van der Waals surface area contributed by atoms with E-state index in [0.717, 1.165) is 38.5 Å². The monoisotopic (exact) mass is 318 g/mol. The van der Waals surface area contributed by atoms with E-state index in [1.165, 1.54) is 5.01 Å². The van der Waals surface area contributed by atoms with Gasteiger partial charge in [0.05, 0.1) is 5.41 Å². The van der Waals surface area contributed by atoms with Crippen molar-refractivity contribution in [2.75, 3.05) is 5.01 Å². The number of carbonyl (C=O) groups excluding carboxylic acids is 2. The maximum atomic E-state index is 13.1. The molecule has 0 radical (unpaired) electrons. The lowest BCUT2D eigenvalue weighted by Crippen LogP contribution is -2.59. The van der Waals surface area contributed by atoms with Gasteiger partial charge in [-0.05, 0) is 19.8 Å². The molecule has 2 heterocycles. The molecule has 1 aromatic rings. The molecule has 0 atom stereocenters. The smallest absolute Gasteiger partial charge is 0.253 e. The Morgan fingerprint density at radius 2 is 1.91 bits per heavy atom. The number of aliphatic hydroxyl groups is 1. The second-order valence-corrected chi connectivity index (χ2v) is 6.49. The molecule has 1 aliphatic heterocycles. The summed E-state index contributed by atoms with van der Waals surface area (Å²) in [5.41, 5.74) is 2.65. The Balaban J connectivity index is 1.97. The Morgan fingerprint density at radius 1 is 1.22 bits per heavy atom. The number of aromatic nitrogens is 2. The zero-order valence-electron chi connectivity index (χ0n) is 13.3. The van der Waals surface area contributed by atoms with Gasteiger partial charge in [0, 0.05) is 18.2 Å². The van der Waals surface area contributed by atoms with Gasteiger partial charge in [-0.3, -0.25) is 15.0 Å². The Bertz CT molecular complexity index is 624. The van der Waals surface area contributed by atoms with Crippen LogP contribution >= 0.6 is 0 Å². The lowest BCUT2D eigenvalue weighted by atomic mass is 9.75. The van der Waals surface area contributed by atoms with Crippen molar-refractivity contribution in [2.24, 2.45) is 5.41 Å². The van der Waals surface area contributed by atoms with Gasteiger partial charge in [0.25, 0.3) is 5.91 Å². The third-order valence-electron chi connectivity index (χ3n) is 4.71. The van der Waals surface area contributed by atoms with Gasteiger partial charge in [-0.15, -0.1) is 0 Å². The molecule has 1 saturated heterocycles. The minimum Gasteiger partial charge on any atom is -0.388 e. The zero-order valence-corrected chi connectivity index (χ0v) is 13.3. The third-order valence-corrected chi connectivity index (χ3v) is 4.71. The predicted molar refractivity (Wildman–Crippen MR) is 83.1 cm³/mol. The fourth-order valence-corrected chi connectivity index (χ4v) is 3.59. The number of nitrogens with zero attached hydrogens (tertiary/aromatic N) is 3. The average Bonchev–Trinajstić information content (AvgIpc) is 2.76. The molecule has 2 fully saturated rings. The van der Waals surface area contributed by atoms with Crippen LogP contribution in [0, 0.1) is 12.3 Å². The van der Waals surface area contributed by atoms with Crippen LogP contribution in [0.4, 0.5) is 5.82 Å². The number of hydrogen-bond donors (Lipinski definition) is 2. The Morgan fingerprint density at radius 3 is 2.57 bits per heavy atom. The second-order valence-electron chi connectivity index (χ2n) is 6.49. The summed E-state index contributed by atoms with van der Waals surface area (Å²) in [6, 6.07) is 1.65. The van der Waals surface area contributed by atoms with Gasteiger partial charge < -0.3 is 5.11 Å². The lowest BCUT2D eigenvalue weighted by Gasteiger charge is -2.40. The van der Waals surface area contributed by atoms with Crippen molar-refractivity contribution in [2.45, 2.75) is 58.5 Å². The maximum absolute atomic E-state index is 13.1. The summed E-state index contributed by atoms with van der Waals surface area (Å²) < 4.78 is 0. The van der Waals surface area contributed by atoms with Gasteiger partial charge >= 0.3 is 0 Å². The molecule has 1 aliphatic carbocycles. The number of hydrazine groups is 1. The van der Waals surface area contributed by atoms with Crippen molar-refractivity contribution >= 4 is 17.6 Å². The summed E-state index contributed by atoms with van der Waals surface area (Å²) in [6.45, 7) is 1.46. The molecule has 124 valence electrons. The van der Waals surface area contributed by atoms with Crippen molar-refractivity contribution in [3.05, 3.63) is 17.6 Å². The maximum Gasteiger partial charge on any atom is 0.253 e. The van der Waals surface area contributed by atoms with Crippen molar-refractivity contribution in [3.8, 4) is 0 Å². The first-order valence-corrected chi connectivity index (χ1v) is 8.13. The highest BCUT2D eigenvalue weighted by molar-refractivity contribution is 6.04. The van der Waals surface area contributed by atoms with Gasteiger partial charge in [0.15, 0.2) is 11.6 Å². The molecule has 1 spiro atoms. The van der Waals surface area contributed by atoms with Gasteiger partial charge in [-0.2, -0.15) is 0 Å². The van der Waals surface area contributed by atoms with E-state index in [4.69, 9.17) is 0 Å². The lowest BCUT2D eigenvalue weighted by molar-refractivity contribution is -0.142. The van der Waals surface area contributed by atoms with Crippen LogP contribution in [0.3, 0.4) is 0 Å². The number of aliphatic hydroxyl groups excluding tert-OH is 1. The van der Waals surface area contributed by atoms with Crippen LogP contribution in [0.5, 0.6) is 0 Å². The second kappa shape index (κ2) is 6.23. The van der Waals surface area contributed by atoms with Crippen LogP contribution in [0.2, 0.25) is 0 Å². The van der Waals surface area contributed by atoms with Crippen LogP contribution in [-0.4, -0.2) is 26.9 Å². The molecule has 1 aromatic heterocycles. The van der Waals surface area contributed by atoms with E-state index in [1.54, 1.807) is 13.0 Å². The van der Waals surface area contributed by atoms with Crippen molar-refractivity contribution in [3.63, 3.8) is 0 Å². The molecule has 2 aliphatic rings. The molecule has 23 heavy (non-hydrogen) atoms. The standard InChI is InChI=1S/C16H22N4O3/c1-11-8-13(18-12(10-21)17-11)20-15(23)16(9-14(22)19-20)6-4-2-3-5-7-16/h8,21H,2-7,9-10H2,1H3,(H,19,22). The van der Waals surface area contributed by atoms with Crippen molar-refractivity contribution in [1.82, 2.24) is 15.4 Å². The molecule has 3 rings (SSSR count). The summed E-state index contributed by atoms with van der Waals surface area (Å²) in [5, 5.41) is 10.5. The van der Waals surface area contributed by atoms with Gasteiger partial charge in [0.2, 0.25) is 5.91 Å². The minimum absolute atomic E-state index is 0.0963. The third kappa shape index (κ3) is 3.06. The Labute approximate surface area is 135 Å². The Hall–Kier alpha value is -2.02. The molecule has 0 bridgehead atoms. The average molecular weight is 318 g/mol. The first-order chi connectivity index (χ1) is 11.0. The molecular weight excluding hydrogens is 296 g/mol. The number of carbonyl (C=O) groups is 2. The topological polar surface area (TPSA) is 95.4 Å². The number of nitrogens with one attached hydrogen (secondary N) is 1. The highest BCUT2D eigenvalue weighted by Gasteiger charge is 2.47. The quantitative estimate of drug-likeness (QED) is 0.859. The molecule has 0 aromatic carbocycles. The summed E-state index contributed by atoms with van der Waals surface area (Å²) >= 11 is 0. The number of hydrogen-bond acceptors (Lipinski definition) is 5. The van der Waals surface area contributed by atoms with E-state index in [9.17, 15) is 14.7 Å². The number of anilines is 1. The van der Waals surface area contributed by atoms with E-state index >= 15 is 0 Å². The van der Waals surface area contributed by atoms with E-state index in [1.807, 2.05) is 0 Å². The molecule has 7 nitrogen and oxygen atoms in total. The molecule has 7 heteroatoms. The van der Waals surface area contributed by atoms with Gasteiger partial charge in [0.1, 0.15) is 6.61 Å². The largest absolute Gasteiger partial charge is 0.388 e. The summed E-state index contributed by atoms with van der Waals surface area (Å²) in [7, 11) is 0. The Kier molecular flexibility index (Phi) is 4.30. The highest BCUT2D eigenvalue weighted by atomic mass is 16.3. The number of rotatable bonds is 2. The summed E-state index contributed by atoms with van der Waals surface area (Å²) in [4.78, 5) is 33.6. The van der Waals surface area contributed by atoms with E-state index in [0.29, 0.717) is 11.5 Å². The van der Waals surface area contributed by atoms with E-state index in [2.05, 4.69) is 15.4 Å². The molecule has 1 saturated carbocycles. The minimum atomic E-state index is -0.614. The summed E-state index contributed by atoms with van der Waals surface area (Å²) in [5.74, 6) is 0.306. The normalized spacial score (nSPS) is 21.2. The van der Waals surface area contributed by atoms with Gasteiger partial charge in [-0.1, -0.05) is 25.7 Å². The van der Waals surface area contributed by atoms with Crippen molar-refractivity contribution in [1.29, 1.82) is 0 Å². The van der Waals surface area contributed by atoms with Crippen LogP contribution in [0.1, 0.15) is 56.5 Å². The number of amides is 2. The molecule has 2 amide bonds. The first-order valence-electron chi connectivity index (χ1n) is 8.13. The summed E-state index contributed by atoms with van der Waals surface area (Å²) in [6.07, 6.45) is 5.89. The predicted octanol–water partition coefficient (Wildman–Crippen LogP) is 1.39. The zero-order chi connectivity index (χ0) is 16.4. The van der Waals surface area contributed by atoms with Crippen molar-refractivity contribution < 1.29 is 14.7 Å².